The second-order valence-electron chi connectivity index (χ2n) is 6.64. The molecule has 2 N–H and O–H groups in total. The van der Waals surface area contributed by atoms with Gasteiger partial charge in [0.25, 0.3) is 0 Å². The zero-order valence-electron chi connectivity index (χ0n) is 14.9. The van der Waals surface area contributed by atoms with Crippen LogP contribution >= 0.6 is 0 Å². The summed E-state index contributed by atoms with van der Waals surface area (Å²) in [5.74, 6) is -0.392. The molecule has 1 aromatic rings. The SMILES string of the molecule is CC(C)NC(=O)CN1CCN(CC(=O)NCc2ccccc2F)CC1. The van der Waals surface area contributed by atoms with Crippen LogP contribution in [0.2, 0.25) is 0 Å². The molecule has 1 aromatic carbocycles. The van der Waals surface area contributed by atoms with Crippen molar-refractivity contribution < 1.29 is 14.0 Å². The summed E-state index contributed by atoms with van der Waals surface area (Å²) >= 11 is 0. The molecule has 0 saturated carbocycles. The number of hydrogen-bond acceptors (Lipinski definition) is 4. The Morgan fingerprint density at radius 3 is 2.16 bits per heavy atom. The minimum absolute atomic E-state index is 0.0334. The Morgan fingerprint density at radius 2 is 1.60 bits per heavy atom. The van der Waals surface area contributed by atoms with Gasteiger partial charge in [0.05, 0.1) is 13.1 Å². The Kier molecular flexibility index (Phi) is 7.33. The Balaban J connectivity index is 1.66. The van der Waals surface area contributed by atoms with Crippen LogP contribution in [-0.4, -0.2) is 66.9 Å². The second kappa shape index (κ2) is 9.48. The van der Waals surface area contributed by atoms with Gasteiger partial charge >= 0.3 is 0 Å². The Morgan fingerprint density at radius 1 is 1.04 bits per heavy atom. The summed E-state index contributed by atoms with van der Waals surface area (Å²) in [4.78, 5) is 27.9. The highest BCUT2D eigenvalue weighted by atomic mass is 19.1. The predicted molar refractivity (Wildman–Crippen MR) is 94.4 cm³/mol. The Hall–Kier alpha value is -1.99. The number of hydrogen-bond donors (Lipinski definition) is 2. The van der Waals surface area contributed by atoms with E-state index in [4.69, 9.17) is 0 Å². The fraction of sp³-hybridized carbons (Fsp3) is 0.556. The van der Waals surface area contributed by atoms with Gasteiger partial charge in [-0.3, -0.25) is 19.4 Å². The van der Waals surface area contributed by atoms with E-state index >= 15 is 0 Å². The number of nitrogens with zero attached hydrogens (tertiary/aromatic N) is 2. The summed E-state index contributed by atoms with van der Waals surface area (Å²) in [7, 11) is 0. The molecule has 2 amide bonds. The van der Waals surface area contributed by atoms with Crippen molar-refractivity contribution in [2.24, 2.45) is 0 Å². The molecule has 1 fully saturated rings. The quantitative estimate of drug-likeness (QED) is 0.755. The van der Waals surface area contributed by atoms with Crippen LogP contribution in [0.15, 0.2) is 24.3 Å². The molecule has 25 heavy (non-hydrogen) atoms. The van der Waals surface area contributed by atoms with E-state index in [-0.39, 0.29) is 30.2 Å². The number of halogens is 1. The number of benzene rings is 1. The number of carbonyl (C=O) groups excluding carboxylic acids is 2. The van der Waals surface area contributed by atoms with Crippen LogP contribution in [-0.2, 0) is 16.1 Å². The van der Waals surface area contributed by atoms with Crippen LogP contribution < -0.4 is 10.6 Å². The molecule has 0 atom stereocenters. The first-order chi connectivity index (χ1) is 11.9. The van der Waals surface area contributed by atoms with Gasteiger partial charge in [0.15, 0.2) is 0 Å². The van der Waals surface area contributed by atoms with Crippen molar-refractivity contribution in [3.63, 3.8) is 0 Å². The minimum atomic E-state index is -0.309. The van der Waals surface area contributed by atoms with Gasteiger partial charge in [0.1, 0.15) is 5.82 Å². The van der Waals surface area contributed by atoms with E-state index in [0.717, 1.165) is 26.2 Å². The highest BCUT2D eigenvalue weighted by molar-refractivity contribution is 5.78. The number of carbonyl (C=O) groups is 2. The summed E-state index contributed by atoms with van der Waals surface area (Å²) in [6.45, 7) is 7.75. The molecule has 1 heterocycles. The molecule has 6 nitrogen and oxygen atoms in total. The Labute approximate surface area is 148 Å². The molecule has 0 unspecified atom stereocenters. The molecular weight excluding hydrogens is 323 g/mol. The number of nitrogens with one attached hydrogen (secondary N) is 2. The molecular formula is C18H27FN4O2. The van der Waals surface area contributed by atoms with Gasteiger partial charge in [-0.15, -0.1) is 0 Å². The molecule has 0 aromatic heterocycles. The maximum absolute atomic E-state index is 13.5. The average Bonchev–Trinajstić information content (AvgIpc) is 2.55. The van der Waals surface area contributed by atoms with E-state index in [0.29, 0.717) is 18.7 Å². The van der Waals surface area contributed by atoms with Crippen molar-refractivity contribution in [1.29, 1.82) is 0 Å². The van der Waals surface area contributed by atoms with Crippen molar-refractivity contribution in [1.82, 2.24) is 20.4 Å². The lowest BCUT2D eigenvalue weighted by Gasteiger charge is -2.33. The maximum Gasteiger partial charge on any atom is 0.234 e. The third kappa shape index (κ3) is 6.80. The second-order valence-corrected chi connectivity index (χ2v) is 6.64. The molecule has 1 aliphatic rings. The van der Waals surface area contributed by atoms with Crippen molar-refractivity contribution >= 4 is 11.8 Å². The molecule has 138 valence electrons. The van der Waals surface area contributed by atoms with E-state index < -0.39 is 0 Å². The van der Waals surface area contributed by atoms with Crippen LogP contribution in [0.1, 0.15) is 19.4 Å². The van der Waals surface area contributed by atoms with E-state index in [2.05, 4.69) is 15.5 Å². The van der Waals surface area contributed by atoms with Gasteiger partial charge in [-0.1, -0.05) is 18.2 Å². The van der Waals surface area contributed by atoms with E-state index in [1.54, 1.807) is 18.2 Å². The molecule has 0 aliphatic carbocycles. The fourth-order valence-corrected chi connectivity index (χ4v) is 2.77. The maximum atomic E-state index is 13.5. The van der Waals surface area contributed by atoms with Gasteiger partial charge in [-0.2, -0.15) is 0 Å². The molecule has 1 aliphatic heterocycles. The summed E-state index contributed by atoms with van der Waals surface area (Å²) in [6, 6.07) is 6.57. The summed E-state index contributed by atoms with van der Waals surface area (Å²) in [5, 5.41) is 5.64. The summed E-state index contributed by atoms with van der Waals surface area (Å²) < 4.78 is 13.5. The van der Waals surface area contributed by atoms with Gasteiger partial charge in [-0.25, -0.2) is 4.39 Å². The first-order valence-corrected chi connectivity index (χ1v) is 8.68. The largest absolute Gasteiger partial charge is 0.353 e. The van der Waals surface area contributed by atoms with Gasteiger partial charge in [0, 0.05) is 44.3 Å². The molecule has 0 bridgehead atoms. The zero-order valence-corrected chi connectivity index (χ0v) is 14.9. The summed E-state index contributed by atoms with van der Waals surface area (Å²) in [5.41, 5.74) is 0.483. The van der Waals surface area contributed by atoms with E-state index in [1.165, 1.54) is 6.07 Å². The van der Waals surface area contributed by atoms with Crippen molar-refractivity contribution in [3.8, 4) is 0 Å². The first-order valence-electron chi connectivity index (χ1n) is 8.68. The van der Waals surface area contributed by atoms with Gasteiger partial charge in [-0.05, 0) is 19.9 Å². The molecule has 2 rings (SSSR count). The molecule has 0 spiro atoms. The Bertz CT molecular complexity index is 586. The highest BCUT2D eigenvalue weighted by Crippen LogP contribution is 2.06. The van der Waals surface area contributed by atoms with Crippen LogP contribution in [0.5, 0.6) is 0 Å². The van der Waals surface area contributed by atoms with E-state index in [1.807, 2.05) is 18.7 Å². The third-order valence-corrected chi connectivity index (χ3v) is 4.08. The molecule has 0 radical (unpaired) electrons. The van der Waals surface area contributed by atoms with Crippen molar-refractivity contribution in [2.75, 3.05) is 39.3 Å². The monoisotopic (exact) mass is 350 g/mol. The third-order valence-electron chi connectivity index (χ3n) is 4.08. The average molecular weight is 350 g/mol. The summed E-state index contributed by atoms with van der Waals surface area (Å²) in [6.07, 6.45) is 0. The minimum Gasteiger partial charge on any atom is -0.353 e. The molecule has 7 heteroatoms. The van der Waals surface area contributed by atoms with E-state index in [9.17, 15) is 14.0 Å². The normalized spacial score (nSPS) is 16.0. The number of piperazine rings is 1. The smallest absolute Gasteiger partial charge is 0.234 e. The lowest BCUT2D eigenvalue weighted by atomic mass is 10.2. The topological polar surface area (TPSA) is 64.7 Å². The lowest BCUT2D eigenvalue weighted by Crippen LogP contribution is -2.51. The van der Waals surface area contributed by atoms with Crippen molar-refractivity contribution in [3.05, 3.63) is 35.6 Å². The van der Waals surface area contributed by atoms with Crippen LogP contribution in [0, 0.1) is 5.82 Å². The van der Waals surface area contributed by atoms with Crippen LogP contribution in [0.3, 0.4) is 0 Å². The van der Waals surface area contributed by atoms with Crippen LogP contribution in [0.4, 0.5) is 4.39 Å². The van der Waals surface area contributed by atoms with Gasteiger partial charge < -0.3 is 10.6 Å². The number of rotatable bonds is 7. The standard InChI is InChI=1S/C18H27FN4O2/c1-14(2)21-18(25)13-23-9-7-22(8-10-23)12-17(24)20-11-15-5-3-4-6-16(15)19/h3-6,14H,7-13H2,1-2H3,(H,20,24)(H,21,25). The predicted octanol–water partition coefficient (Wildman–Crippen LogP) is 0.584. The highest BCUT2D eigenvalue weighted by Gasteiger charge is 2.20. The first kappa shape index (κ1) is 19.3. The van der Waals surface area contributed by atoms with Crippen LogP contribution in [0.25, 0.3) is 0 Å². The number of amides is 2. The van der Waals surface area contributed by atoms with Gasteiger partial charge in [0.2, 0.25) is 11.8 Å². The zero-order chi connectivity index (χ0) is 18.2. The fourth-order valence-electron chi connectivity index (χ4n) is 2.77. The van der Waals surface area contributed by atoms with Crippen molar-refractivity contribution in [2.45, 2.75) is 26.4 Å². The lowest BCUT2D eigenvalue weighted by molar-refractivity contribution is -0.125. The molecule has 1 saturated heterocycles.